The molecule has 7 nitrogen and oxygen atoms in total. The zero-order valence-corrected chi connectivity index (χ0v) is 16.7. The van der Waals surface area contributed by atoms with Gasteiger partial charge in [-0.1, -0.05) is 6.07 Å². The van der Waals surface area contributed by atoms with Crippen LogP contribution in [0.15, 0.2) is 47.4 Å². The number of nitrogens with zero attached hydrogens (tertiary/aromatic N) is 1. The maximum Gasteiger partial charge on any atom is 0.416 e. The summed E-state index contributed by atoms with van der Waals surface area (Å²) in [7, 11) is -3.04. The number of benzene rings is 2. The fourth-order valence-corrected chi connectivity index (χ4v) is 3.98. The van der Waals surface area contributed by atoms with Crippen LogP contribution >= 0.6 is 0 Å². The van der Waals surface area contributed by atoms with Crippen LogP contribution in [-0.2, 0) is 20.9 Å². The lowest BCUT2D eigenvalue weighted by Crippen LogP contribution is -2.36. The van der Waals surface area contributed by atoms with Crippen LogP contribution in [0.2, 0.25) is 0 Å². The van der Waals surface area contributed by atoms with Crippen molar-refractivity contribution in [1.82, 2.24) is 4.72 Å². The van der Waals surface area contributed by atoms with Crippen LogP contribution in [0.3, 0.4) is 0 Å². The van der Waals surface area contributed by atoms with Crippen LogP contribution in [0, 0.1) is 0 Å². The van der Waals surface area contributed by atoms with Crippen molar-refractivity contribution < 1.29 is 35.9 Å². The maximum absolute atomic E-state index is 12.9. The number of hydrogen-bond donors (Lipinski definition) is 1. The fraction of sp³-hybridized carbons (Fsp3) is 0.316. The van der Waals surface area contributed by atoms with E-state index in [-0.39, 0.29) is 5.56 Å². The van der Waals surface area contributed by atoms with Crippen LogP contribution < -0.4 is 14.4 Å². The van der Waals surface area contributed by atoms with Gasteiger partial charge in [-0.15, -0.1) is 0 Å². The van der Waals surface area contributed by atoms with Crippen molar-refractivity contribution in [2.75, 3.05) is 38.3 Å². The number of ether oxygens (including phenoxy) is 2. The highest BCUT2D eigenvalue weighted by molar-refractivity contribution is 7.90. The molecule has 0 atom stereocenters. The lowest BCUT2D eigenvalue weighted by atomic mass is 10.1. The molecular weight excluding hydrogens is 425 g/mol. The molecule has 3 rings (SSSR count). The van der Waals surface area contributed by atoms with Gasteiger partial charge in [-0.2, -0.15) is 13.2 Å². The predicted octanol–water partition coefficient (Wildman–Crippen LogP) is 2.67. The van der Waals surface area contributed by atoms with Crippen molar-refractivity contribution in [1.29, 1.82) is 0 Å². The van der Waals surface area contributed by atoms with E-state index in [0.717, 1.165) is 18.2 Å². The first-order chi connectivity index (χ1) is 14.1. The Kier molecular flexibility index (Phi) is 6.22. The average molecular weight is 444 g/mol. The van der Waals surface area contributed by atoms with Crippen LogP contribution in [0.4, 0.5) is 18.9 Å². The minimum Gasteiger partial charge on any atom is -0.495 e. The molecule has 1 aliphatic rings. The van der Waals surface area contributed by atoms with Crippen molar-refractivity contribution in [3.63, 3.8) is 0 Å². The normalized spacial score (nSPS) is 15.0. The van der Waals surface area contributed by atoms with Crippen molar-refractivity contribution >= 4 is 21.6 Å². The van der Waals surface area contributed by atoms with Crippen molar-refractivity contribution in [2.45, 2.75) is 11.1 Å². The number of alkyl halides is 3. The van der Waals surface area contributed by atoms with Gasteiger partial charge in [-0.25, -0.2) is 13.1 Å². The van der Waals surface area contributed by atoms with Gasteiger partial charge in [0, 0.05) is 18.7 Å². The van der Waals surface area contributed by atoms with Crippen LogP contribution in [0.25, 0.3) is 0 Å². The largest absolute Gasteiger partial charge is 0.495 e. The number of methoxy groups -OCH3 is 1. The number of halogens is 3. The molecule has 1 amide bonds. The highest BCUT2D eigenvalue weighted by Gasteiger charge is 2.32. The third-order valence-electron chi connectivity index (χ3n) is 4.49. The van der Waals surface area contributed by atoms with Crippen LogP contribution in [0.5, 0.6) is 5.75 Å². The van der Waals surface area contributed by atoms with Gasteiger partial charge in [0.25, 0.3) is 15.9 Å². The Labute approximate surface area is 171 Å². The minimum atomic E-state index is -4.71. The van der Waals surface area contributed by atoms with E-state index in [1.165, 1.54) is 25.3 Å². The number of nitrogens with one attached hydrogen (secondary N) is 1. The van der Waals surface area contributed by atoms with Gasteiger partial charge in [-0.05, 0) is 36.4 Å². The third-order valence-corrected chi connectivity index (χ3v) is 5.82. The Morgan fingerprint density at radius 3 is 2.47 bits per heavy atom. The standard InChI is InChI=1S/C19H19F3N2O5S/c1-28-17-6-5-13(11-16(17)24-7-9-29-10-8-24)18(25)23-30(26,27)15-4-2-3-14(12-15)19(20,21)22/h2-6,11-12H,7-10H2,1H3,(H,23,25). The molecule has 2 aromatic rings. The zero-order valence-electron chi connectivity index (χ0n) is 15.9. The Balaban J connectivity index is 1.86. The SMILES string of the molecule is COc1ccc(C(=O)NS(=O)(=O)c2cccc(C(F)(F)F)c2)cc1N1CCOCC1. The highest BCUT2D eigenvalue weighted by Crippen LogP contribution is 2.31. The van der Waals surface area contributed by atoms with Gasteiger partial charge in [0.2, 0.25) is 0 Å². The number of sulfonamides is 1. The number of hydrogen-bond acceptors (Lipinski definition) is 6. The molecule has 0 aliphatic carbocycles. The Morgan fingerprint density at radius 1 is 1.13 bits per heavy atom. The molecule has 162 valence electrons. The van der Waals surface area contributed by atoms with E-state index >= 15 is 0 Å². The summed E-state index contributed by atoms with van der Waals surface area (Å²) >= 11 is 0. The Hall–Kier alpha value is -2.79. The van der Waals surface area contributed by atoms with E-state index < -0.39 is 32.6 Å². The van der Waals surface area contributed by atoms with E-state index in [9.17, 15) is 26.4 Å². The van der Waals surface area contributed by atoms with Gasteiger partial charge in [0.15, 0.2) is 0 Å². The first kappa shape index (κ1) is 21.9. The van der Waals surface area contributed by atoms with Crippen LogP contribution in [0.1, 0.15) is 15.9 Å². The summed E-state index contributed by atoms with van der Waals surface area (Å²) in [5.74, 6) is -0.473. The molecule has 30 heavy (non-hydrogen) atoms. The topological polar surface area (TPSA) is 84.9 Å². The van der Waals surface area contributed by atoms with Crippen molar-refractivity contribution in [3.05, 3.63) is 53.6 Å². The molecule has 1 fully saturated rings. The molecule has 11 heteroatoms. The lowest BCUT2D eigenvalue weighted by molar-refractivity contribution is -0.137. The van der Waals surface area contributed by atoms with Gasteiger partial charge >= 0.3 is 6.18 Å². The Bertz CT molecular complexity index is 1030. The van der Waals surface area contributed by atoms with Gasteiger partial charge in [0.05, 0.1) is 36.5 Å². The molecule has 0 bridgehead atoms. The molecule has 1 N–H and O–H groups in total. The number of carbonyl (C=O) groups excluding carboxylic acids is 1. The molecule has 0 unspecified atom stereocenters. The molecule has 1 aliphatic heterocycles. The maximum atomic E-state index is 12.9. The molecule has 0 radical (unpaired) electrons. The minimum absolute atomic E-state index is 0.0212. The highest BCUT2D eigenvalue weighted by atomic mass is 32.2. The van der Waals surface area contributed by atoms with E-state index in [4.69, 9.17) is 9.47 Å². The van der Waals surface area contributed by atoms with E-state index in [0.29, 0.717) is 43.8 Å². The summed E-state index contributed by atoms with van der Waals surface area (Å²) in [5.41, 5.74) is -0.519. The number of rotatable bonds is 5. The summed E-state index contributed by atoms with van der Waals surface area (Å²) in [6, 6.07) is 7.54. The van der Waals surface area contributed by atoms with Crippen molar-refractivity contribution in [3.8, 4) is 5.75 Å². The molecule has 0 saturated carbocycles. The van der Waals surface area contributed by atoms with Crippen LogP contribution in [-0.4, -0.2) is 47.7 Å². The van der Waals surface area contributed by atoms with Gasteiger partial charge in [0.1, 0.15) is 5.75 Å². The smallest absolute Gasteiger partial charge is 0.416 e. The quantitative estimate of drug-likeness (QED) is 0.764. The molecule has 1 heterocycles. The van der Waals surface area contributed by atoms with E-state index in [1.807, 2.05) is 9.62 Å². The lowest BCUT2D eigenvalue weighted by Gasteiger charge is -2.30. The second-order valence-corrected chi connectivity index (χ2v) is 8.13. The molecular formula is C19H19F3N2O5S. The molecule has 2 aromatic carbocycles. The molecule has 1 saturated heterocycles. The average Bonchev–Trinajstić information content (AvgIpc) is 2.73. The number of morpholine rings is 1. The van der Waals surface area contributed by atoms with E-state index in [2.05, 4.69) is 0 Å². The first-order valence-electron chi connectivity index (χ1n) is 8.87. The number of amides is 1. The predicted molar refractivity (Wildman–Crippen MR) is 102 cm³/mol. The summed E-state index contributed by atoms with van der Waals surface area (Å²) in [6.07, 6.45) is -4.71. The first-order valence-corrected chi connectivity index (χ1v) is 10.4. The summed E-state index contributed by atoms with van der Waals surface area (Å²) in [5, 5.41) is 0. The zero-order chi connectivity index (χ0) is 21.9. The van der Waals surface area contributed by atoms with Crippen molar-refractivity contribution in [2.24, 2.45) is 0 Å². The summed E-state index contributed by atoms with van der Waals surface area (Å²) in [6.45, 7) is 2.10. The third kappa shape index (κ3) is 4.85. The second-order valence-electron chi connectivity index (χ2n) is 6.45. The second kappa shape index (κ2) is 8.52. The molecule has 0 aromatic heterocycles. The molecule has 0 spiro atoms. The number of carbonyl (C=O) groups is 1. The summed E-state index contributed by atoms with van der Waals surface area (Å²) < 4.78 is 75.9. The van der Waals surface area contributed by atoms with Gasteiger partial charge in [-0.3, -0.25) is 4.79 Å². The monoisotopic (exact) mass is 444 g/mol. The summed E-state index contributed by atoms with van der Waals surface area (Å²) in [4.78, 5) is 13.8. The fourth-order valence-electron chi connectivity index (χ4n) is 2.96. The van der Waals surface area contributed by atoms with E-state index in [1.54, 1.807) is 0 Å². The Morgan fingerprint density at radius 2 is 1.83 bits per heavy atom. The van der Waals surface area contributed by atoms with Gasteiger partial charge < -0.3 is 14.4 Å². The number of anilines is 1.